The molecule has 2 aromatic heterocycles. The predicted octanol–water partition coefficient (Wildman–Crippen LogP) is 2.81. The van der Waals surface area contributed by atoms with E-state index >= 15 is 0 Å². The van der Waals surface area contributed by atoms with Crippen LogP contribution in [0.4, 0.5) is 0 Å². The van der Waals surface area contributed by atoms with Crippen molar-refractivity contribution in [3.8, 4) is 0 Å². The maximum Gasteiger partial charge on any atom is 0.102 e. The first-order valence-corrected chi connectivity index (χ1v) is 7.54. The minimum atomic E-state index is -0.530. The summed E-state index contributed by atoms with van der Waals surface area (Å²) in [6.45, 7) is 8.97. The third-order valence-corrected chi connectivity index (χ3v) is 4.40. The molecule has 0 saturated heterocycles. The first-order chi connectivity index (χ1) is 9.05. The molecule has 0 fully saturated rings. The lowest BCUT2D eigenvalue weighted by molar-refractivity contribution is 0.167. The third-order valence-electron chi connectivity index (χ3n) is 3.31. The molecule has 0 aliphatic rings. The van der Waals surface area contributed by atoms with Crippen LogP contribution in [0.25, 0.3) is 0 Å². The zero-order chi connectivity index (χ0) is 14.0. The Kier molecular flexibility index (Phi) is 4.37. The van der Waals surface area contributed by atoms with Crippen molar-refractivity contribution >= 4 is 11.3 Å². The highest BCUT2D eigenvalue weighted by atomic mass is 32.1. The number of aromatic nitrogens is 3. The van der Waals surface area contributed by atoms with Crippen molar-refractivity contribution in [1.29, 1.82) is 0 Å². The molecule has 0 saturated carbocycles. The summed E-state index contributed by atoms with van der Waals surface area (Å²) < 4.78 is 1.89. The molecule has 2 rings (SSSR count). The lowest BCUT2D eigenvalue weighted by Crippen LogP contribution is -2.10. The SMILES string of the molecule is CCc1cc(C(O)Cc2nc(C)c(C)s2)n(CC)n1. The van der Waals surface area contributed by atoms with E-state index in [-0.39, 0.29) is 0 Å². The second-order valence-electron chi connectivity index (χ2n) is 4.70. The van der Waals surface area contributed by atoms with Crippen molar-refractivity contribution in [3.63, 3.8) is 0 Å². The van der Waals surface area contributed by atoms with Gasteiger partial charge in [-0.15, -0.1) is 11.3 Å². The Morgan fingerprint density at radius 1 is 1.37 bits per heavy atom. The Morgan fingerprint density at radius 3 is 2.63 bits per heavy atom. The fourth-order valence-corrected chi connectivity index (χ4v) is 3.05. The van der Waals surface area contributed by atoms with Gasteiger partial charge in [-0.25, -0.2) is 4.98 Å². The molecule has 1 atom stereocenters. The maximum atomic E-state index is 10.4. The summed E-state index contributed by atoms with van der Waals surface area (Å²) in [6, 6.07) is 2.00. The minimum absolute atomic E-state index is 0.530. The van der Waals surface area contributed by atoms with Gasteiger partial charge in [-0.1, -0.05) is 6.92 Å². The molecular weight excluding hydrogens is 258 g/mol. The lowest BCUT2D eigenvalue weighted by Gasteiger charge is -2.10. The molecule has 0 amide bonds. The van der Waals surface area contributed by atoms with Gasteiger partial charge in [0.05, 0.1) is 22.1 Å². The standard InChI is InChI=1S/C14H21N3OS/c1-5-11-7-12(17(6-2)16-11)13(18)8-14-15-9(3)10(4)19-14/h7,13,18H,5-6,8H2,1-4H3. The number of rotatable bonds is 5. The fraction of sp³-hybridized carbons (Fsp3) is 0.571. The summed E-state index contributed by atoms with van der Waals surface area (Å²) in [4.78, 5) is 5.71. The minimum Gasteiger partial charge on any atom is -0.386 e. The van der Waals surface area contributed by atoms with Crippen molar-refractivity contribution in [2.45, 2.75) is 53.2 Å². The zero-order valence-corrected chi connectivity index (χ0v) is 12.8. The van der Waals surface area contributed by atoms with Crippen molar-refractivity contribution in [1.82, 2.24) is 14.8 Å². The van der Waals surface area contributed by atoms with E-state index in [1.54, 1.807) is 11.3 Å². The van der Waals surface area contributed by atoms with Crippen LogP contribution in [0, 0.1) is 13.8 Å². The van der Waals surface area contributed by atoms with Gasteiger partial charge in [-0.05, 0) is 33.3 Å². The van der Waals surface area contributed by atoms with E-state index in [1.807, 2.05) is 24.6 Å². The van der Waals surface area contributed by atoms with Crippen LogP contribution >= 0.6 is 11.3 Å². The monoisotopic (exact) mass is 279 g/mol. The van der Waals surface area contributed by atoms with E-state index in [0.29, 0.717) is 6.42 Å². The number of aliphatic hydroxyl groups excluding tert-OH is 1. The van der Waals surface area contributed by atoms with Gasteiger partial charge in [0.15, 0.2) is 0 Å². The largest absolute Gasteiger partial charge is 0.386 e. The van der Waals surface area contributed by atoms with Crippen molar-refractivity contribution in [3.05, 3.63) is 33.0 Å². The molecule has 0 spiro atoms. The first kappa shape index (κ1) is 14.2. The van der Waals surface area contributed by atoms with E-state index < -0.39 is 6.10 Å². The van der Waals surface area contributed by atoms with E-state index in [1.165, 1.54) is 4.88 Å². The number of thiazole rings is 1. The molecule has 2 heterocycles. The summed E-state index contributed by atoms with van der Waals surface area (Å²) in [5, 5.41) is 15.9. The van der Waals surface area contributed by atoms with E-state index in [0.717, 1.165) is 35.1 Å². The highest BCUT2D eigenvalue weighted by Crippen LogP contribution is 2.24. The molecule has 0 aliphatic heterocycles. The van der Waals surface area contributed by atoms with Gasteiger partial charge in [0.2, 0.25) is 0 Å². The Bertz CT molecular complexity index is 540. The van der Waals surface area contributed by atoms with Crippen LogP contribution in [0.2, 0.25) is 0 Å². The van der Waals surface area contributed by atoms with Gasteiger partial charge in [0.1, 0.15) is 6.10 Å². The molecule has 0 radical (unpaired) electrons. The first-order valence-electron chi connectivity index (χ1n) is 6.72. The molecule has 1 unspecified atom stereocenters. The Hall–Kier alpha value is -1.20. The predicted molar refractivity (Wildman–Crippen MR) is 77.5 cm³/mol. The number of aliphatic hydroxyl groups is 1. The van der Waals surface area contributed by atoms with Gasteiger partial charge in [-0.2, -0.15) is 5.10 Å². The van der Waals surface area contributed by atoms with Gasteiger partial charge in [0, 0.05) is 17.8 Å². The van der Waals surface area contributed by atoms with Crippen molar-refractivity contribution < 1.29 is 5.11 Å². The normalized spacial score (nSPS) is 12.9. The Labute approximate surface area is 118 Å². The van der Waals surface area contributed by atoms with Crippen LogP contribution in [0.15, 0.2) is 6.07 Å². The second kappa shape index (κ2) is 5.84. The smallest absolute Gasteiger partial charge is 0.102 e. The molecule has 0 aromatic carbocycles. The summed E-state index contributed by atoms with van der Waals surface area (Å²) in [7, 11) is 0. The van der Waals surface area contributed by atoms with Crippen LogP contribution in [0.3, 0.4) is 0 Å². The van der Waals surface area contributed by atoms with Crippen LogP contribution < -0.4 is 0 Å². The van der Waals surface area contributed by atoms with Crippen LogP contribution in [-0.4, -0.2) is 19.9 Å². The van der Waals surface area contributed by atoms with Crippen LogP contribution in [0.1, 0.15) is 46.9 Å². The summed E-state index contributed by atoms with van der Waals surface area (Å²) in [5.41, 5.74) is 2.98. The van der Waals surface area contributed by atoms with Gasteiger partial charge < -0.3 is 5.11 Å². The van der Waals surface area contributed by atoms with Gasteiger partial charge >= 0.3 is 0 Å². The average molecular weight is 279 g/mol. The van der Waals surface area contributed by atoms with Crippen LogP contribution in [-0.2, 0) is 19.4 Å². The third kappa shape index (κ3) is 3.04. The van der Waals surface area contributed by atoms with Gasteiger partial charge in [0.25, 0.3) is 0 Å². The quantitative estimate of drug-likeness (QED) is 0.915. The average Bonchev–Trinajstić information content (AvgIpc) is 2.93. The number of nitrogens with zero attached hydrogens (tertiary/aromatic N) is 3. The second-order valence-corrected chi connectivity index (χ2v) is 5.99. The fourth-order valence-electron chi connectivity index (χ4n) is 2.08. The zero-order valence-electron chi connectivity index (χ0n) is 12.0. The molecule has 0 bridgehead atoms. The summed E-state index contributed by atoms with van der Waals surface area (Å²) >= 11 is 1.66. The summed E-state index contributed by atoms with van der Waals surface area (Å²) in [6.07, 6.45) is 0.925. The number of aryl methyl sites for hydroxylation is 4. The molecular formula is C14H21N3OS. The van der Waals surface area contributed by atoms with E-state index in [2.05, 4.69) is 23.9 Å². The lowest BCUT2D eigenvalue weighted by atomic mass is 10.1. The number of hydrogen-bond acceptors (Lipinski definition) is 4. The molecule has 104 valence electrons. The maximum absolute atomic E-state index is 10.4. The molecule has 2 aromatic rings. The van der Waals surface area contributed by atoms with Crippen molar-refractivity contribution in [2.24, 2.45) is 0 Å². The molecule has 0 aliphatic carbocycles. The molecule has 5 heteroatoms. The summed E-state index contributed by atoms with van der Waals surface area (Å²) in [5.74, 6) is 0. The molecule has 1 N–H and O–H groups in total. The Balaban J connectivity index is 2.19. The highest BCUT2D eigenvalue weighted by Gasteiger charge is 2.17. The Morgan fingerprint density at radius 2 is 2.11 bits per heavy atom. The van der Waals surface area contributed by atoms with E-state index in [9.17, 15) is 5.11 Å². The van der Waals surface area contributed by atoms with Crippen molar-refractivity contribution in [2.75, 3.05) is 0 Å². The van der Waals surface area contributed by atoms with Gasteiger partial charge in [-0.3, -0.25) is 4.68 Å². The van der Waals surface area contributed by atoms with Crippen LogP contribution in [0.5, 0.6) is 0 Å². The topological polar surface area (TPSA) is 50.9 Å². The highest BCUT2D eigenvalue weighted by molar-refractivity contribution is 7.11. The molecule has 19 heavy (non-hydrogen) atoms. The molecule has 4 nitrogen and oxygen atoms in total. The number of hydrogen-bond donors (Lipinski definition) is 1. The van der Waals surface area contributed by atoms with E-state index in [4.69, 9.17) is 0 Å².